The van der Waals surface area contributed by atoms with E-state index < -0.39 is 0 Å². The predicted molar refractivity (Wildman–Crippen MR) is 86.8 cm³/mol. The van der Waals surface area contributed by atoms with Crippen molar-refractivity contribution >= 4 is 17.5 Å². The SMILES string of the molecule is COc1cccc(C(=O)CSc2nnc(-c3ccco3)n2C)c1. The average Bonchev–Trinajstić information content (AvgIpc) is 3.22. The van der Waals surface area contributed by atoms with E-state index in [2.05, 4.69) is 10.2 Å². The zero-order chi connectivity index (χ0) is 16.2. The van der Waals surface area contributed by atoms with Crippen LogP contribution in [0.3, 0.4) is 0 Å². The van der Waals surface area contributed by atoms with Crippen molar-refractivity contribution in [3.63, 3.8) is 0 Å². The Morgan fingerprint density at radius 1 is 1.30 bits per heavy atom. The topological polar surface area (TPSA) is 70.2 Å². The van der Waals surface area contributed by atoms with E-state index in [1.165, 1.54) is 11.8 Å². The average molecular weight is 329 g/mol. The first-order valence-electron chi connectivity index (χ1n) is 6.92. The molecule has 0 atom stereocenters. The number of nitrogens with zero attached hydrogens (tertiary/aromatic N) is 3. The van der Waals surface area contributed by atoms with Gasteiger partial charge in [-0.25, -0.2) is 0 Å². The molecule has 0 radical (unpaired) electrons. The number of benzene rings is 1. The van der Waals surface area contributed by atoms with Crippen LogP contribution in [0.2, 0.25) is 0 Å². The smallest absolute Gasteiger partial charge is 0.200 e. The van der Waals surface area contributed by atoms with Gasteiger partial charge in [-0.15, -0.1) is 10.2 Å². The maximum Gasteiger partial charge on any atom is 0.200 e. The van der Waals surface area contributed by atoms with Gasteiger partial charge in [-0.2, -0.15) is 0 Å². The fourth-order valence-electron chi connectivity index (χ4n) is 2.07. The number of ketones is 1. The molecular weight excluding hydrogens is 314 g/mol. The Bertz CT molecular complexity index is 812. The number of rotatable bonds is 6. The number of methoxy groups -OCH3 is 1. The summed E-state index contributed by atoms with van der Waals surface area (Å²) in [6, 6.07) is 10.7. The third kappa shape index (κ3) is 3.29. The maximum atomic E-state index is 12.3. The highest BCUT2D eigenvalue weighted by Gasteiger charge is 2.15. The van der Waals surface area contributed by atoms with Crippen LogP contribution >= 0.6 is 11.8 Å². The Labute approximate surface area is 137 Å². The van der Waals surface area contributed by atoms with Gasteiger partial charge in [-0.1, -0.05) is 23.9 Å². The van der Waals surface area contributed by atoms with Gasteiger partial charge in [0.25, 0.3) is 0 Å². The van der Waals surface area contributed by atoms with Crippen LogP contribution in [-0.2, 0) is 7.05 Å². The Kier molecular flexibility index (Phi) is 4.47. The molecule has 2 aromatic heterocycles. The van der Waals surface area contributed by atoms with Gasteiger partial charge < -0.3 is 13.7 Å². The lowest BCUT2D eigenvalue weighted by atomic mass is 10.1. The minimum absolute atomic E-state index is 0.0106. The summed E-state index contributed by atoms with van der Waals surface area (Å²) in [5, 5.41) is 8.87. The van der Waals surface area contributed by atoms with Crippen LogP contribution in [-0.4, -0.2) is 33.4 Å². The Morgan fingerprint density at radius 2 is 2.17 bits per heavy atom. The van der Waals surface area contributed by atoms with Crippen LogP contribution in [0.5, 0.6) is 5.75 Å². The molecule has 7 heteroatoms. The molecule has 118 valence electrons. The zero-order valence-corrected chi connectivity index (χ0v) is 13.5. The van der Waals surface area contributed by atoms with E-state index in [-0.39, 0.29) is 11.5 Å². The summed E-state index contributed by atoms with van der Waals surface area (Å²) >= 11 is 1.34. The molecule has 3 rings (SSSR count). The number of aromatic nitrogens is 3. The number of ether oxygens (including phenoxy) is 1. The van der Waals surface area contributed by atoms with Crippen molar-refractivity contribution in [2.75, 3.05) is 12.9 Å². The van der Waals surface area contributed by atoms with Crippen LogP contribution in [0, 0.1) is 0 Å². The molecule has 6 nitrogen and oxygen atoms in total. The molecule has 23 heavy (non-hydrogen) atoms. The largest absolute Gasteiger partial charge is 0.497 e. The molecule has 0 aliphatic carbocycles. The van der Waals surface area contributed by atoms with Crippen LogP contribution < -0.4 is 4.74 Å². The van der Waals surface area contributed by atoms with E-state index in [1.54, 1.807) is 37.6 Å². The summed E-state index contributed by atoms with van der Waals surface area (Å²) in [6.07, 6.45) is 1.59. The summed E-state index contributed by atoms with van der Waals surface area (Å²) in [7, 11) is 3.42. The van der Waals surface area contributed by atoms with E-state index in [4.69, 9.17) is 9.15 Å². The van der Waals surface area contributed by atoms with Crippen LogP contribution in [0.1, 0.15) is 10.4 Å². The first-order chi connectivity index (χ1) is 11.2. The van der Waals surface area contributed by atoms with E-state index in [9.17, 15) is 4.79 Å². The van der Waals surface area contributed by atoms with Gasteiger partial charge in [0.2, 0.25) is 0 Å². The van der Waals surface area contributed by atoms with Crippen molar-refractivity contribution in [2.45, 2.75) is 5.16 Å². The predicted octanol–water partition coefficient (Wildman–Crippen LogP) is 3.06. The summed E-state index contributed by atoms with van der Waals surface area (Å²) in [5.74, 6) is 2.23. The number of carbonyl (C=O) groups excluding carboxylic acids is 1. The minimum atomic E-state index is 0.0106. The van der Waals surface area contributed by atoms with Gasteiger partial charge in [0.15, 0.2) is 22.5 Å². The maximum absolute atomic E-state index is 12.3. The summed E-state index contributed by atoms with van der Waals surface area (Å²) in [6.45, 7) is 0. The van der Waals surface area contributed by atoms with E-state index in [1.807, 2.05) is 23.7 Å². The highest BCUT2D eigenvalue weighted by Crippen LogP contribution is 2.24. The van der Waals surface area contributed by atoms with Crippen molar-refractivity contribution in [1.29, 1.82) is 0 Å². The molecule has 3 aromatic rings. The Morgan fingerprint density at radius 3 is 2.91 bits per heavy atom. The van der Waals surface area contributed by atoms with Crippen molar-refractivity contribution < 1.29 is 13.9 Å². The van der Waals surface area contributed by atoms with Gasteiger partial charge in [-0.05, 0) is 24.3 Å². The number of hydrogen-bond donors (Lipinski definition) is 0. The van der Waals surface area contributed by atoms with E-state index >= 15 is 0 Å². The van der Waals surface area contributed by atoms with Gasteiger partial charge in [0, 0.05) is 12.6 Å². The fraction of sp³-hybridized carbons (Fsp3) is 0.188. The molecule has 0 saturated carbocycles. The minimum Gasteiger partial charge on any atom is -0.497 e. The highest BCUT2D eigenvalue weighted by molar-refractivity contribution is 7.99. The normalized spacial score (nSPS) is 10.7. The molecule has 0 N–H and O–H groups in total. The van der Waals surface area contributed by atoms with E-state index in [0.29, 0.717) is 28.1 Å². The fourth-order valence-corrected chi connectivity index (χ4v) is 2.88. The molecule has 0 aliphatic heterocycles. The number of furan rings is 1. The summed E-state index contributed by atoms with van der Waals surface area (Å²) in [5.41, 5.74) is 0.616. The highest BCUT2D eigenvalue weighted by atomic mass is 32.2. The van der Waals surface area contributed by atoms with Crippen LogP contribution in [0.15, 0.2) is 52.2 Å². The molecule has 0 aliphatic rings. The number of hydrogen-bond acceptors (Lipinski definition) is 6. The van der Waals surface area contributed by atoms with Gasteiger partial charge >= 0.3 is 0 Å². The zero-order valence-electron chi connectivity index (χ0n) is 12.7. The molecule has 0 amide bonds. The summed E-state index contributed by atoms with van der Waals surface area (Å²) in [4.78, 5) is 12.3. The second-order valence-electron chi connectivity index (χ2n) is 4.79. The molecule has 0 unspecified atom stereocenters. The van der Waals surface area contributed by atoms with Crippen LogP contribution in [0.4, 0.5) is 0 Å². The van der Waals surface area contributed by atoms with Crippen LogP contribution in [0.25, 0.3) is 11.6 Å². The molecule has 0 spiro atoms. The van der Waals surface area contributed by atoms with Crippen molar-refractivity contribution in [3.8, 4) is 17.3 Å². The van der Waals surface area contributed by atoms with E-state index in [0.717, 1.165) is 0 Å². The summed E-state index contributed by atoms with van der Waals surface area (Å²) < 4.78 is 12.3. The number of carbonyl (C=O) groups is 1. The third-order valence-electron chi connectivity index (χ3n) is 3.30. The van der Waals surface area contributed by atoms with Gasteiger partial charge in [0.05, 0.1) is 19.1 Å². The van der Waals surface area contributed by atoms with Crippen molar-refractivity contribution in [3.05, 3.63) is 48.2 Å². The van der Waals surface area contributed by atoms with Crippen molar-refractivity contribution in [1.82, 2.24) is 14.8 Å². The second-order valence-corrected chi connectivity index (χ2v) is 5.73. The Hall–Kier alpha value is -2.54. The molecular formula is C16H15N3O3S. The lowest BCUT2D eigenvalue weighted by molar-refractivity contribution is 0.102. The lowest BCUT2D eigenvalue weighted by Crippen LogP contribution is -2.04. The first-order valence-corrected chi connectivity index (χ1v) is 7.91. The monoisotopic (exact) mass is 329 g/mol. The first kappa shape index (κ1) is 15.4. The molecule has 0 saturated heterocycles. The molecule has 1 aromatic carbocycles. The van der Waals surface area contributed by atoms with Crippen molar-refractivity contribution in [2.24, 2.45) is 7.05 Å². The second kappa shape index (κ2) is 6.70. The quantitative estimate of drug-likeness (QED) is 0.511. The number of Topliss-reactive ketones (excluding diaryl/α,β-unsaturated/α-hetero) is 1. The standard InChI is InChI=1S/C16H15N3O3S/c1-19-15(14-7-4-8-22-14)17-18-16(19)23-10-13(20)11-5-3-6-12(9-11)21-2/h3-9H,10H2,1-2H3. The van der Waals surface area contributed by atoms with Gasteiger partial charge in [-0.3, -0.25) is 4.79 Å². The molecule has 2 heterocycles. The number of thioether (sulfide) groups is 1. The molecule has 0 fully saturated rings. The molecule has 0 bridgehead atoms. The lowest BCUT2D eigenvalue weighted by Gasteiger charge is -2.04. The van der Waals surface area contributed by atoms with Gasteiger partial charge in [0.1, 0.15) is 5.75 Å². The Balaban J connectivity index is 1.70. The third-order valence-corrected chi connectivity index (χ3v) is 4.32.